The third-order valence-electron chi connectivity index (χ3n) is 6.12. The van der Waals surface area contributed by atoms with Gasteiger partial charge in [0.1, 0.15) is 17.4 Å². The predicted molar refractivity (Wildman–Crippen MR) is 138 cm³/mol. The molecule has 0 bridgehead atoms. The highest BCUT2D eigenvalue weighted by atomic mass is 35.5. The largest absolute Gasteiger partial charge is 0.495 e. The zero-order valence-electron chi connectivity index (χ0n) is 19.9. The van der Waals surface area contributed by atoms with Crippen molar-refractivity contribution in [3.05, 3.63) is 99.1 Å². The van der Waals surface area contributed by atoms with Crippen LogP contribution in [-0.4, -0.2) is 41.1 Å². The topological polar surface area (TPSA) is 106 Å². The molecule has 9 nitrogen and oxygen atoms in total. The third kappa shape index (κ3) is 4.85. The molecule has 1 aliphatic rings. The van der Waals surface area contributed by atoms with Crippen molar-refractivity contribution < 1.29 is 21.9 Å². The summed E-state index contributed by atoms with van der Waals surface area (Å²) in [4.78, 5) is 13.0. The molecular weight excluding hydrogens is 540 g/mol. The molecule has 0 saturated carbocycles. The van der Waals surface area contributed by atoms with E-state index in [1.165, 1.54) is 52.5 Å². The first kappa shape index (κ1) is 25.8. The lowest BCUT2D eigenvalue weighted by Gasteiger charge is -2.30. The van der Waals surface area contributed by atoms with Crippen molar-refractivity contribution in [1.29, 1.82) is 0 Å². The fraction of sp³-hybridized carbons (Fsp3) is 0.160. The normalized spacial score (nSPS) is 13.7. The minimum Gasteiger partial charge on any atom is -0.495 e. The van der Waals surface area contributed by atoms with Crippen molar-refractivity contribution in [2.45, 2.75) is 13.0 Å². The van der Waals surface area contributed by atoms with Crippen molar-refractivity contribution in [2.24, 2.45) is 0 Å². The molecule has 0 unspecified atom stereocenters. The summed E-state index contributed by atoms with van der Waals surface area (Å²) in [6.07, 6.45) is 1.59. The average Bonchev–Trinajstić information content (AvgIpc) is 2.90. The molecule has 1 N–H and O–H groups in total. The third-order valence-corrected chi connectivity index (χ3v) is 7.88. The molecule has 13 heteroatoms. The molecule has 2 aromatic heterocycles. The van der Waals surface area contributed by atoms with Crippen LogP contribution in [0.4, 0.5) is 14.6 Å². The summed E-state index contributed by atoms with van der Waals surface area (Å²) in [5, 5.41) is 7.31. The van der Waals surface area contributed by atoms with Crippen LogP contribution in [-0.2, 0) is 23.2 Å². The molecule has 0 spiro atoms. The van der Waals surface area contributed by atoms with Crippen LogP contribution in [0.1, 0.15) is 11.3 Å². The summed E-state index contributed by atoms with van der Waals surface area (Å²) in [6.45, 7) is 0.0249. The van der Waals surface area contributed by atoms with Crippen molar-refractivity contribution >= 4 is 27.6 Å². The molecule has 0 amide bonds. The first-order valence-electron chi connectivity index (χ1n) is 11.3. The number of hydrogen-bond donors (Lipinski definition) is 1. The number of halogens is 3. The molecule has 2 aromatic carbocycles. The Morgan fingerprint density at radius 1 is 1.08 bits per heavy atom. The van der Waals surface area contributed by atoms with E-state index in [-0.39, 0.29) is 52.9 Å². The molecule has 0 radical (unpaired) electrons. The molecule has 196 valence electrons. The maximum Gasteiger partial charge on any atom is 0.303 e. The van der Waals surface area contributed by atoms with Gasteiger partial charge in [0.05, 0.1) is 17.8 Å². The van der Waals surface area contributed by atoms with Crippen molar-refractivity contribution in [1.82, 2.24) is 19.1 Å². The van der Waals surface area contributed by atoms with Gasteiger partial charge in [-0.05, 0) is 41.5 Å². The molecular formula is C25H20ClF2N5O4S. The second kappa shape index (κ2) is 10.1. The monoisotopic (exact) mass is 559 g/mol. The Hall–Kier alpha value is -3.87. The first-order chi connectivity index (χ1) is 18.2. The van der Waals surface area contributed by atoms with Gasteiger partial charge in [0.25, 0.3) is 5.56 Å². The Morgan fingerprint density at radius 3 is 2.61 bits per heavy atom. The Balaban J connectivity index is 1.53. The predicted octanol–water partition coefficient (Wildman–Crippen LogP) is 3.95. The molecule has 0 fully saturated rings. The summed E-state index contributed by atoms with van der Waals surface area (Å²) in [7, 11) is -2.59. The van der Waals surface area contributed by atoms with Crippen LogP contribution in [0.15, 0.2) is 65.6 Å². The zero-order chi connectivity index (χ0) is 27.0. The van der Waals surface area contributed by atoms with Gasteiger partial charge >= 0.3 is 10.2 Å². The Kier molecular flexibility index (Phi) is 6.86. The van der Waals surface area contributed by atoms with E-state index in [1.807, 2.05) is 0 Å². The van der Waals surface area contributed by atoms with Crippen LogP contribution in [0.5, 0.6) is 5.75 Å². The Morgan fingerprint density at radius 2 is 1.89 bits per heavy atom. The lowest BCUT2D eigenvalue weighted by Crippen LogP contribution is -2.41. The number of rotatable bonds is 6. The molecule has 0 aliphatic carbocycles. The van der Waals surface area contributed by atoms with Crippen LogP contribution < -0.4 is 15.0 Å². The highest BCUT2D eigenvalue weighted by molar-refractivity contribution is 7.90. The van der Waals surface area contributed by atoms with E-state index in [9.17, 15) is 17.6 Å². The summed E-state index contributed by atoms with van der Waals surface area (Å²) in [5.41, 5.74) is 1.08. The molecule has 3 heterocycles. The minimum atomic E-state index is -3.96. The van der Waals surface area contributed by atoms with Gasteiger partial charge < -0.3 is 4.74 Å². The standard InChI is InChI=1S/C25H20ClF2N5O4S/c1-37-23-12-17(15-4-6-18(26)20(28)11-15)19(27)13-22(23)33-21-8-10-32(14-16(21)5-7-25(33)34)38(35,36)31-24-3-2-9-29-30-24/h2-7,9,11-13H,8,10,14H2,1H3,(H,30,31). The maximum absolute atomic E-state index is 15.3. The molecule has 0 saturated heterocycles. The van der Waals surface area contributed by atoms with E-state index in [4.69, 9.17) is 16.3 Å². The van der Waals surface area contributed by atoms with E-state index < -0.39 is 27.4 Å². The molecule has 4 aromatic rings. The van der Waals surface area contributed by atoms with Gasteiger partial charge in [0, 0.05) is 49.1 Å². The lowest BCUT2D eigenvalue weighted by molar-refractivity contribution is 0.385. The highest BCUT2D eigenvalue weighted by Gasteiger charge is 2.30. The van der Waals surface area contributed by atoms with Crippen LogP contribution in [0.25, 0.3) is 16.8 Å². The van der Waals surface area contributed by atoms with Gasteiger partial charge in [-0.2, -0.15) is 17.8 Å². The van der Waals surface area contributed by atoms with E-state index in [0.717, 1.165) is 12.1 Å². The second-order valence-corrected chi connectivity index (χ2v) is 10.5. The van der Waals surface area contributed by atoms with Crippen LogP contribution in [0.3, 0.4) is 0 Å². The Labute approximate surface area is 221 Å². The minimum absolute atomic E-state index is 0.0296. The number of methoxy groups -OCH3 is 1. The molecule has 5 rings (SSSR count). The summed E-state index contributed by atoms with van der Waals surface area (Å²) in [6, 6.07) is 12.3. The van der Waals surface area contributed by atoms with Crippen molar-refractivity contribution in [2.75, 3.05) is 18.4 Å². The average molecular weight is 560 g/mol. The maximum atomic E-state index is 15.3. The number of nitrogens with one attached hydrogen (secondary N) is 1. The van der Waals surface area contributed by atoms with Crippen molar-refractivity contribution in [3.63, 3.8) is 0 Å². The van der Waals surface area contributed by atoms with Crippen LogP contribution in [0.2, 0.25) is 5.02 Å². The van der Waals surface area contributed by atoms with Gasteiger partial charge in [0.15, 0.2) is 5.82 Å². The van der Waals surface area contributed by atoms with Gasteiger partial charge in [0.2, 0.25) is 0 Å². The van der Waals surface area contributed by atoms with Gasteiger partial charge in [-0.15, -0.1) is 5.10 Å². The van der Waals surface area contributed by atoms with Gasteiger partial charge in [-0.1, -0.05) is 23.7 Å². The number of pyridine rings is 1. The fourth-order valence-electron chi connectivity index (χ4n) is 4.32. The number of anilines is 1. The lowest BCUT2D eigenvalue weighted by atomic mass is 10.0. The molecule has 1 aliphatic heterocycles. The summed E-state index contributed by atoms with van der Waals surface area (Å²) in [5.74, 6) is -1.16. The molecule has 0 atom stereocenters. The second-order valence-electron chi connectivity index (χ2n) is 8.41. The fourth-order valence-corrected chi connectivity index (χ4v) is 5.58. The summed E-state index contributed by atoms with van der Waals surface area (Å²) < 4.78 is 65.6. The number of aromatic nitrogens is 3. The highest BCUT2D eigenvalue weighted by Crippen LogP contribution is 2.35. The number of benzene rings is 2. The number of fused-ring (bicyclic) bond motifs is 1. The van der Waals surface area contributed by atoms with E-state index in [1.54, 1.807) is 12.1 Å². The van der Waals surface area contributed by atoms with Gasteiger partial charge in [-0.25, -0.2) is 8.78 Å². The van der Waals surface area contributed by atoms with Crippen LogP contribution in [0, 0.1) is 11.6 Å². The smallest absolute Gasteiger partial charge is 0.303 e. The van der Waals surface area contributed by atoms with Crippen LogP contribution >= 0.6 is 11.6 Å². The SMILES string of the molecule is COc1cc(-c2ccc(Cl)c(F)c2)c(F)cc1-n1c2c(ccc1=O)CN(S(=O)(=O)Nc1cccnn1)CC2. The zero-order valence-corrected chi connectivity index (χ0v) is 21.4. The van der Waals surface area contributed by atoms with Crippen molar-refractivity contribution in [3.8, 4) is 22.6 Å². The van der Waals surface area contributed by atoms with Gasteiger partial charge in [-0.3, -0.25) is 14.1 Å². The van der Waals surface area contributed by atoms with E-state index >= 15 is 4.39 Å². The molecule has 38 heavy (non-hydrogen) atoms. The van der Waals surface area contributed by atoms with E-state index in [0.29, 0.717) is 11.3 Å². The quantitative estimate of drug-likeness (QED) is 0.383. The number of nitrogens with zero attached hydrogens (tertiary/aromatic N) is 4. The Bertz CT molecular complexity index is 1700. The summed E-state index contributed by atoms with van der Waals surface area (Å²) >= 11 is 5.75. The number of hydrogen-bond acceptors (Lipinski definition) is 6. The number of ether oxygens (including phenoxy) is 1. The van der Waals surface area contributed by atoms with E-state index in [2.05, 4.69) is 14.9 Å². The first-order valence-corrected chi connectivity index (χ1v) is 13.1.